The van der Waals surface area contributed by atoms with Gasteiger partial charge in [-0.05, 0) is 23.8 Å². The number of fused-ring (bicyclic) bond motifs is 3. The molecule has 0 bridgehead atoms. The van der Waals surface area contributed by atoms with E-state index in [0.29, 0.717) is 50.7 Å². The lowest BCUT2D eigenvalue weighted by Gasteiger charge is -2.27. The molecule has 1 aliphatic heterocycles. The van der Waals surface area contributed by atoms with Crippen molar-refractivity contribution < 1.29 is 28.2 Å². The van der Waals surface area contributed by atoms with Crippen LogP contribution in [0.1, 0.15) is 23.5 Å². The molecule has 1 atom stereocenters. The SMILES string of the molecule is COc1ccc([C@H]2CC(=O)Oc3ccc4c(=O)c(-c5ccccc5)coc4c32)c(OC)c1OC. The van der Waals surface area contributed by atoms with Gasteiger partial charge in [0, 0.05) is 17.0 Å². The summed E-state index contributed by atoms with van der Waals surface area (Å²) in [5, 5.41) is 0.405. The summed E-state index contributed by atoms with van der Waals surface area (Å²) in [6.07, 6.45) is 1.50. The van der Waals surface area contributed by atoms with Crippen LogP contribution in [-0.2, 0) is 4.79 Å². The van der Waals surface area contributed by atoms with Crippen molar-refractivity contribution in [1.29, 1.82) is 0 Å². The Kier molecular flexibility index (Phi) is 5.45. The minimum absolute atomic E-state index is 0.0438. The van der Waals surface area contributed by atoms with Crippen LogP contribution in [0.5, 0.6) is 23.0 Å². The van der Waals surface area contributed by atoms with Crippen LogP contribution in [0.4, 0.5) is 0 Å². The van der Waals surface area contributed by atoms with Gasteiger partial charge in [-0.15, -0.1) is 0 Å². The van der Waals surface area contributed by atoms with Gasteiger partial charge in [0.05, 0.1) is 38.7 Å². The number of rotatable bonds is 5. The molecular formula is C27H22O7. The fourth-order valence-corrected chi connectivity index (χ4v) is 4.54. The lowest BCUT2D eigenvalue weighted by Crippen LogP contribution is -2.22. The molecule has 34 heavy (non-hydrogen) atoms. The van der Waals surface area contributed by atoms with Gasteiger partial charge in [-0.1, -0.05) is 36.4 Å². The van der Waals surface area contributed by atoms with Gasteiger partial charge in [0.2, 0.25) is 11.2 Å². The third kappa shape index (κ3) is 3.37. The Bertz CT molecular complexity index is 1450. The average Bonchev–Trinajstić information content (AvgIpc) is 2.87. The number of hydrogen-bond acceptors (Lipinski definition) is 7. The summed E-state index contributed by atoms with van der Waals surface area (Å²) in [5.41, 5.74) is 2.74. The van der Waals surface area contributed by atoms with E-state index in [1.807, 2.05) is 36.4 Å². The molecule has 0 amide bonds. The van der Waals surface area contributed by atoms with Crippen LogP contribution in [0.2, 0.25) is 0 Å². The highest BCUT2D eigenvalue weighted by molar-refractivity contribution is 5.90. The predicted molar refractivity (Wildman–Crippen MR) is 126 cm³/mol. The van der Waals surface area contributed by atoms with E-state index in [0.717, 1.165) is 5.56 Å². The summed E-state index contributed by atoms with van der Waals surface area (Å²) in [7, 11) is 4.59. The maximum Gasteiger partial charge on any atom is 0.312 e. The van der Waals surface area contributed by atoms with Crippen LogP contribution in [0.15, 0.2) is 70.1 Å². The molecule has 0 saturated carbocycles. The van der Waals surface area contributed by atoms with Gasteiger partial charge in [-0.25, -0.2) is 0 Å². The van der Waals surface area contributed by atoms with Crippen LogP contribution >= 0.6 is 0 Å². The van der Waals surface area contributed by atoms with E-state index in [1.54, 1.807) is 18.2 Å². The highest BCUT2D eigenvalue weighted by Gasteiger charge is 2.35. The number of esters is 1. The third-order valence-electron chi connectivity index (χ3n) is 6.08. The van der Waals surface area contributed by atoms with E-state index >= 15 is 0 Å². The summed E-state index contributed by atoms with van der Waals surface area (Å²) >= 11 is 0. The van der Waals surface area contributed by atoms with Gasteiger partial charge in [0.15, 0.2) is 11.5 Å². The molecule has 0 N–H and O–H groups in total. The Balaban J connectivity index is 1.76. The Morgan fingerprint density at radius 3 is 2.32 bits per heavy atom. The second-order valence-corrected chi connectivity index (χ2v) is 7.85. The zero-order chi connectivity index (χ0) is 23.8. The molecule has 0 aliphatic carbocycles. The number of carbonyl (C=O) groups excluding carboxylic acids is 1. The summed E-state index contributed by atoms with van der Waals surface area (Å²) < 4.78 is 28.2. The third-order valence-corrected chi connectivity index (χ3v) is 6.08. The molecule has 2 heterocycles. The molecule has 1 aliphatic rings. The van der Waals surface area contributed by atoms with Crippen molar-refractivity contribution in [2.24, 2.45) is 0 Å². The minimum atomic E-state index is -0.486. The maximum absolute atomic E-state index is 13.4. The monoisotopic (exact) mass is 458 g/mol. The summed E-state index contributed by atoms with van der Waals surface area (Å²) in [4.78, 5) is 25.9. The molecule has 3 aromatic carbocycles. The second kappa shape index (κ2) is 8.59. The topological polar surface area (TPSA) is 84.2 Å². The molecule has 0 saturated heterocycles. The predicted octanol–water partition coefficient (Wildman–Crippen LogP) is 4.93. The number of carbonyl (C=O) groups is 1. The lowest BCUT2D eigenvalue weighted by molar-refractivity contribution is -0.135. The van der Waals surface area contributed by atoms with Crippen molar-refractivity contribution in [3.63, 3.8) is 0 Å². The van der Waals surface area contributed by atoms with E-state index in [2.05, 4.69) is 0 Å². The fraction of sp³-hybridized carbons (Fsp3) is 0.185. The standard InChI is InChI=1S/C27H22O7/c1-30-21-12-9-16(26(31-2)27(21)32-3)18-13-22(28)34-20-11-10-17-24(29)19(14-33-25(17)23(18)20)15-7-5-4-6-8-15/h4-12,14,18H,13H2,1-3H3/t18-/m1/s1. The van der Waals surface area contributed by atoms with Gasteiger partial charge in [0.25, 0.3) is 0 Å². The van der Waals surface area contributed by atoms with Crippen molar-refractivity contribution >= 4 is 16.9 Å². The first-order chi connectivity index (χ1) is 16.6. The molecule has 0 fully saturated rings. The second-order valence-electron chi connectivity index (χ2n) is 7.85. The molecule has 0 spiro atoms. The van der Waals surface area contributed by atoms with Crippen molar-refractivity contribution in [1.82, 2.24) is 0 Å². The Morgan fingerprint density at radius 1 is 0.853 bits per heavy atom. The Labute approximate surface area is 195 Å². The van der Waals surface area contributed by atoms with Gasteiger partial charge in [-0.3, -0.25) is 9.59 Å². The lowest BCUT2D eigenvalue weighted by atomic mass is 9.84. The van der Waals surface area contributed by atoms with E-state index in [-0.39, 0.29) is 11.8 Å². The van der Waals surface area contributed by atoms with Crippen LogP contribution < -0.4 is 24.4 Å². The summed E-state index contributed by atoms with van der Waals surface area (Å²) in [5.74, 6) is 0.820. The first-order valence-corrected chi connectivity index (χ1v) is 10.7. The van der Waals surface area contributed by atoms with E-state index in [4.69, 9.17) is 23.4 Å². The number of benzene rings is 3. The molecular weight excluding hydrogens is 436 g/mol. The van der Waals surface area contributed by atoms with Gasteiger partial charge in [-0.2, -0.15) is 0 Å². The smallest absolute Gasteiger partial charge is 0.312 e. The van der Waals surface area contributed by atoms with Crippen molar-refractivity contribution in [3.8, 4) is 34.1 Å². The van der Waals surface area contributed by atoms with E-state index in [1.165, 1.54) is 27.6 Å². The Hall–Kier alpha value is -4.26. The van der Waals surface area contributed by atoms with Crippen LogP contribution in [-0.4, -0.2) is 27.3 Å². The maximum atomic E-state index is 13.4. The quantitative estimate of drug-likeness (QED) is 0.310. The summed E-state index contributed by atoms with van der Waals surface area (Å²) in [6, 6.07) is 16.2. The molecule has 7 heteroatoms. The first kappa shape index (κ1) is 21.6. The molecule has 1 aromatic heterocycles. The van der Waals surface area contributed by atoms with Crippen LogP contribution in [0.25, 0.3) is 22.1 Å². The average molecular weight is 458 g/mol. The molecule has 4 aromatic rings. The zero-order valence-electron chi connectivity index (χ0n) is 18.9. The fourth-order valence-electron chi connectivity index (χ4n) is 4.54. The van der Waals surface area contributed by atoms with Crippen molar-refractivity contribution in [2.75, 3.05) is 21.3 Å². The van der Waals surface area contributed by atoms with E-state index < -0.39 is 11.9 Å². The van der Waals surface area contributed by atoms with Gasteiger partial charge in [0.1, 0.15) is 17.6 Å². The first-order valence-electron chi connectivity index (χ1n) is 10.7. The molecule has 5 rings (SSSR count). The Morgan fingerprint density at radius 2 is 1.62 bits per heavy atom. The molecule has 7 nitrogen and oxygen atoms in total. The largest absolute Gasteiger partial charge is 0.493 e. The number of ether oxygens (including phenoxy) is 4. The molecule has 0 unspecified atom stereocenters. The number of methoxy groups -OCH3 is 3. The number of hydrogen-bond donors (Lipinski definition) is 0. The normalized spacial score (nSPS) is 14.9. The minimum Gasteiger partial charge on any atom is -0.493 e. The zero-order valence-corrected chi connectivity index (χ0v) is 18.9. The molecule has 172 valence electrons. The highest BCUT2D eigenvalue weighted by Crippen LogP contribution is 2.49. The van der Waals surface area contributed by atoms with Crippen molar-refractivity contribution in [3.05, 3.63) is 82.2 Å². The van der Waals surface area contributed by atoms with Gasteiger partial charge >= 0.3 is 5.97 Å². The highest BCUT2D eigenvalue weighted by atomic mass is 16.5. The van der Waals surface area contributed by atoms with Crippen molar-refractivity contribution in [2.45, 2.75) is 12.3 Å². The van der Waals surface area contributed by atoms with Crippen LogP contribution in [0, 0.1) is 0 Å². The van der Waals surface area contributed by atoms with Gasteiger partial charge < -0.3 is 23.4 Å². The van der Waals surface area contributed by atoms with Crippen LogP contribution in [0.3, 0.4) is 0 Å². The summed E-state index contributed by atoms with van der Waals surface area (Å²) in [6.45, 7) is 0. The molecule has 0 radical (unpaired) electrons. The van der Waals surface area contributed by atoms with E-state index in [9.17, 15) is 9.59 Å².